The van der Waals surface area contributed by atoms with E-state index in [0.717, 1.165) is 43.1 Å². The molecule has 3 N–H and O–H groups in total. The van der Waals surface area contributed by atoms with Crippen molar-refractivity contribution in [1.29, 1.82) is 0 Å². The lowest BCUT2D eigenvalue weighted by Crippen LogP contribution is -2.47. The smallest absolute Gasteiger partial charge is 0.191 e. The number of furan rings is 1. The molecule has 1 aliphatic rings. The van der Waals surface area contributed by atoms with Crippen LogP contribution in [0.15, 0.2) is 15.5 Å². The number of rotatable bonds is 5. The standard InChI is InChI=1S/C17H29N3O3.HI/c1-12-9-15(13(2)23-12)17(3,21)11-20-16(18-4)19-10-14-7-5-6-8-22-14;/h9,14,21H,5-8,10-11H2,1-4H3,(H2,18,19,20);1H. The number of hydrogen-bond acceptors (Lipinski definition) is 4. The number of aliphatic imine (C=N–C) groups is 1. The summed E-state index contributed by atoms with van der Waals surface area (Å²) in [4.78, 5) is 4.20. The molecule has 2 heterocycles. The minimum absolute atomic E-state index is 0. The quantitative estimate of drug-likeness (QED) is 0.364. The van der Waals surface area contributed by atoms with Crippen LogP contribution in [0.4, 0.5) is 0 Å². The van der Waals surface area contributed by atoms with Gasteiger partial charge in [-0.2, -0.15) is 0 Å². The highest BCUT2D eigenvalue weighted by molar-refractivity contribution is 14.0. The van der Waals surface area contributed by atoms with Crippen LogP contribution in [0.5, 0.6) is 0 Å². The molecule has 138 valence electrons. The summed E-state index contributed by atoms with van der Waals surface area (Å²) >= 11 is 0. The highest BCUT2D eigenvalue weighted by atomic mass is 127. The zero-order valence-electron chi connectivity index (χ0n) is 15.0. The van der Waals surface area contributed by atoms with Gasteiger partial charge in [-0.3, -0.25) is 4.99 Å². The van der Waals surface area contributed by atoms with E-state index < -0.39 is 5.60 Å². The molecule has 0 radical (unpaired) electrons. The number of nitrogens with zero attached hydrogens (tertiary/aromatic N) is 1. The number of hydrogen-bond donors (Lipinski definition) is 3. The molecule has 0 aliphatic carbocycles. The number of guanidine groups is 1. The zero-order chi connectivity index (χ0) is 16.9. The summed E-state index contributed by atoms with van der Waals surface area (Å²) < 4.78 is 11.2. The van der Waals surface area contributed by atoms with Crippen LogP contribution in [0.25, 0.3) is 0 Å². The molecule has 24 heavy (non-hydrogen) atoms. The van der Waals surface area contributed by atoms with Crippen LogP contribution in [-0.4, -0.2) is 43.9 Å². The van der Waals surface area contributed by atoms with Crippen LogP contribution in [0.1, 0.15) is 43.3 Å². The fraction of sp³-hybridized carbons (Fsp3) is 0.706. The first-order valence-corrected chi connectivity index (χ1v) is 8.28. The second-order valence-electron chi connectivity index (χ2n) is 6.40. The third kappa shape index (κ3) is 5.93. The van der Waals surface area contributed by atoms with Crippen molar-refractivity contribution in [2.45, 2.75) is 51.7 Å². The predicted molar refractivity (Wildman–Crippen MR) is 106 cm³/mol. The van der Waals surface area contributed by atoms with Crippen LogP contribution in [-0.2, 0) is 10.3 Å². The fourth-order valence-corrected chi connectivity index (χ4v) is 2.92. The second kappa shape index (κ2) is 9.62. The van der Waals surface area contributed by atoms with Crippen LogP contribution in [0.3, 0.4) is 0 Å². The topological polar surface area (TPSA) is 79.0 Å². The Bertz CT molecular complexity index is 537. The summed E-state index contributed by atoms with van der Waals surface area (Å²) in [5, 5.41) is 17.1. The Labute approximate surface area is 161 Å². The van der Waals surface area contributed by atoms with E-state index >= 15 is 0 Å². The molecule has 6 nitrogen and oxygen atoms in total. The van der Waals surface area contributed by atoms with Gasteiger partial charge in [0.05, 0.1) is 12.6 Å². The summed E-state index contributed by atoms with van der Waals surface area (Å²) in [7, 11) is 1.72. The number of halogens is 1. The molecule has 2 atom stereocenters. The summed E-state index contributed by atoms with van der Waals surface area (Å²) in [5.74, 6) is 2.21. The fourth-order valence-electron chi connectivity index (χ4n) is 2.92. The van der Waals surface area contributed by atoms with E-state index in [2.05, 4.69) is 15.6 Å². The summed E-state index contributed by atoms with van der Waals surface area (Å²) in [6, 6.07) is 1.88. The molecule has 7 heteroatoms. The molecule has 1 aliphatic heterocycles. The van der Waals surface area contributed by atoms with Crippen LogP contribution < -0.4 is 10.6 Å². The van der Waals surface area contributed by atoms with Gasteiger partial charge in [0.2, 0.25) is 0 Å². The monoisotopic (exact) mass is 451 g/mol. The summed E-state index contributed by atoms with van der Waals surface area (Å²) in [6.45, 7) is 7.43. The van der Waals surface area contributed by atoms with Gasteiger partial charge in [-0.05, 0) is 46.1 Å². The lowest BCUT2D eigenvalue weighted by molar-refractivity contribution is 0.0193. The Morgan fingerprint density at radius 2 is 2.12 bits per heavy atom. The molecule has 1 aromatic heterocycles. The highest BCUT2D eigenvalue weighted by Gasteiger charge is 2.28. The van der Waals surface area contributed by atoms with Gasteiger partial charge in [-0.15, -0.1) is 24.0 Å². The Balaban J connectivity index is 0.00000288. The molecule has 0 aromatic carbocycles. The van der Waals surface area contributed by atoms with E-state index in [1.807, 2.05) is 19.9 Å². The average molecular weight is 451 g/mol. The second-order valence-corrected chi connectivity index (χ2v) is 6.40. The predicted octanol–water partition coefficient (Wildman–Crippen LogP) is 2.46. The molecule has 2 rings (SSSR count). The largest absolute Gasteiger partial charge is 0.466 e. The number of nitrogens with one attached hydrogen (secondary N) is 2. The van der Waals surface area contributed by atoms with Crippen LogP contribution in [0, 0.1) is 13.8 Å². The average Bonchev–Trinajstić information content (AvgIpc) is 2.88. The maximum atomic E-state index is 10.7. The molecular weight excluding hydrogens is 421 g/mol. The Kier molecular flexibility index (Phi) is 8.52. The maximum absolute atomic E-state index is 10.7. The van der Waals surface area contributed by atoms with E-state index in [1.165, 1.54) is 6.42 Å². The van der Waals surface area contributed by atoms with Crippen molar-refractivity contribution < 1.29 is 14.3 Å². The number of aliphatic hydroxyl groups is 1. The van der Waals surface area contributed by atoms with Crippen LogP contribution in [0.2, 0.25) is 0 Å². The van der Waals surface area contributed by atoms with Gasteiger partial charge < -0.3 is 24.9 Å². The van der Waals surface area contributed by atoms with Crippen molar-refractivity contribution in [3.63, 3.8) is 0 Å². The van der Waals surface area contributed by atoms with Crippen molar-refractivity contribution in [2.24, 2.45) is 4.99 Å². The minimum Gasteiger partial charge on any atom is -0.466 e. The van der Waals surface area contributed by atoms with Gasteiger partial charge in [0.15, 0.2) is 5.96 Å². The SMILES string of the molecule is CN=C(NCC1CCCCO1)NCC(C)(O)c1cc(C)oc1C.I. The summed E-state index contributed by atoms with van der Waals surface area (Å²) in [5.41, 5.74) is -0.227. The van der Waals surface area contributed by atoms with Gasteiger partial charge in [-0.1, -0.05) is 0 Å². The van der Waals surface area contributed by atoms with Crippen molar-refractivity contribution in [2.75, 3.05) is 26.7 Å². The third-order valence-corrected chi connectivity index (χ3v) is 4.22. The van der Waals surface area contributed by atoms with Gasteiger partial charge in [-0.25, -0.2) is 0 Å². The lowest BCUT2D eigenvalue weighted by atomic mass is 9.96. The number of ether oxygens (including phenoxy) is 1. The Morgan fingerprint density at radius 1 is 1.38 bits per heavy atom. The molecular formula is C17H30IN3O3. The number of aryl methyl sites for hydroxylation is 2. The molecule has 1 saturated heterocycles. The lowest BCUT2D eigenvalue weighted by Gasteiger charge is -2.26. The Morgan fingerprint density at radius 3 is 2.67 bits per heavy atom. The van der Waals surface area contributed by atoms with Crippen molar-refractivity contribution in [1.82, 2.24) is 10.6 Å². The highest BCUT2D eigenvalue weighted by Crippen LogP contribution is 2.26. The van der Waals surface area contributed by atoms with Gasteiger partial charge in [0.1, 0.15) is 17.1 Å². The first-order valence-electron chi connectivity index (χ1n) is 8.28. The normalized spacial score (nSPS) is 20.9. The first-order chi connectivity index (χ1) is 10.9. The molecule has 0 saturated carbocycles. The summed E-state index contributed by atoms with van der Waals surface area (Å²) in [6.07, 6.45) is 3.68. The minimum atomic E-state index is -1.03. The Hall–Kier alpha value is -0.800. The van der Waals surface area contributed by atoms with E-state index in [0.29, 0.717) is 12.5 Å². The van der Waals surface area contributed by atoms with E-state index in [4.69, 9.17) is 9.15 Å². The maximum Gasteiger partial charge on any atom is 0.191 e. The van der Waals surface area contributed by atoms with Crippen molar-refractivity contribution in [3.8, 4) is 0 Å². The van der Waals surface area contributed by atoms with E-state index in [1.54, 1.807) is 14.0 Å². The van der Waals surface area contributed by atoms with E-state index in [-0.39, 0.29) is 30.1 Å². The zero-order valence-corrected chi connectivity index (χ0v) is 17.3. The molecule has 2 unspecified atom stereocenters. The first kappa shape index (κ1) is 21.2. The van der Waals surface area contributed by atoms with Gasteiger partial charge >= 0.3 is 0 Å². The van der Waals surface area contributed by atoms with Crippen molar-refractivity contribution in [3.05, 3.63) is 23.2 Å². The van der Waals surface area contributed by atoms with Crippen molar-refractivity contribution >= 4 is 29.9 Å². The molecule has 0 bridgehead atoms. The molecule has 1 fully saturated rings. The molecule has 0 amide bonds. The van der Waals surface area contributed by atoms with Crippen LogP contribution >= 0.6 is 24.0 Å². The van der Waals surface area contributed by atoms with Gasteiger partial charge in [0.25, 0.3) is 0 Å². The third-order valence-electron chi connectivity index (χ3n) is 4.22. The molecule has 1 aromatic rings. The van der Waals surface area contributed by atoms with Gasteiger partial charge in [0, 0.05) is 25.8 Å². The van der Waals surface area contributed by atoms with E-state index in [9.17, 15) is 5.11 Å². The molecule has 0 spiro atoms.